The molecule has 1 N–H and O–H groups in total. The summed E-state index contributed by atoms with van der Waals surface area (Å²) < 4.78 is 7.04. The Hall–Kier alpha value is -1.95. The second-order valence-electron chi connectivity index (χ2n) is 4.72. The van der Waals surface area contributed by atoms with E-state index in [2.05, 4.69) is 27.5 Å². The molecule has 0 spiro atoms. The third kappa shape index (κ3) is 4.03. The molecule has 20 heavy (non-hydrogen) atoms. The van der Waals surface area contributed by atoms with E-state index in [1.165, 1.54) is 0 Å². The Balaban J connectivity index is 2.01. The first kappa shape index (κ1) is 14.5. The molecule has 0 amide bonds. The van der Waals surface area contributed by atoms with Crippen molar-refractivity contribution >= 4 is 0 Å². The van der Waals surface area contributed by atoms with E-state index in [0.29, 0.717) is 6.54 Å². The van der Waals surface area contributed by atoms with Crippen molar-refractivity contribution in [2.75, 3.05) is 13.7 Å². The van der Waals surface area contributed by atoms with Crippen LogP contribution in [0, 0.1) is 6.92 Å². The molecule has 2 aromatic heterocycles. The number of hydrogen-bond donors (Lipinski definition) is 1. The van der Waals surface area contributed by atoms with Crippen LogP contribution < -0.4 is 10.1 Å². The van der Waals surface area contributed by atoms with Crippen LogP contribution in [0.25, 0.3) is 0 Å². The average Bonchev–Trinajstić information content (AvgIpc) is 2.86. The molecule has 0 aromatic carbocycles. The lowest BCUT2D eigenvalue weighted by molar-refractivity contribution is 0.412. The summed E-state index contributed by atoms with van der Waals surface area (Å²) in [6.45, 7) is 6.43. The van der Waals surface area contributed by atoms with E-state index >= 15 is 0 Å². The second kappa shape index (κ2) is 7.00. The number of nitrogens with one attached hydrogen (secondary N) is 1. The summed E-state index contributed by atoms with van der Waals surface area (Å²) in [6.07, 6.45) is 3.06. The van der Waals surface area contributed by atoms with Crippen molar-refractivity contribution in [2.45, 2.75) is 33.4 Å². The largest absolute Gasteiger partial charge is 0.497 e. The third-order valence-corrected chi connectivity index (χ3v) is 2.86. The number of rotatable bonds is 7. The molecule has 2 heterocycles. The normalized spacial score (nSPS) is 10.8. The summed E-state index contributed by atoms with van der Waals surface area (Å²) in [5.41, 5.74) is 2.79. The summed E-state index contributed by atoms with van der Waals surface area (Å²) in [6, 6.07) is 3.83. The number of aromatic nitrogens is 4. The smallest absolute Gasteiger partial charge is 0.122 e. The van der Waals surface area contributed by atoms with Crippen molar-refractivity contribution in [2.24, 2.45) is 0 Å². The quantitative estimate of drug-likeness (QED) is 0.776. The highest BCUT2D eigenvalue weighted by Gasteiger charge is 2.04. The van der Waals surface area contributed by atoms with E-state index in [4.69, 9.17) is 4.74 Å². The molecule has 0 radical (unpaired) electrons. The van der Waals surface area contributed by atoms with E-state index in [9.17, 15) is 0 Å². The third-order valence-electron chi connectivity index (χ3n) is 2.86. The Morgan fingerprint density at radius 2 is 2.15 bits per heavy atom. The average molecular weight is 275 g/mol. The number of ether oxygens (including phenoxy) is 1. The summed E-state index contributed by atoms with van der Waals surface area (Å²) >= 11 is 0. The van der Waals surface area contributed by atoms with Crippen LogP contribution in [0.15, 0.2) is 18.3 Å². The SMILES string of the molecule is CCCNCc1cn(Cc2cc(OC)cc(C)n2)nn1. The molecule has 2 aromatic rings. The fourth-order valence-corrected chi connectivity index (χ4v) is 1.96. The van der Waals surface area contributed by atoms with Gasteiger partial charge < -0.3 is 10.1 Å². The summed E-state index contributed by atoms with van der Waals surface area (Å²) in [5, 5.41) is 11.6. The van der Waals surface area contributed by atoms with Gasteiger partial charge >= 0.3 is 0 Å². The first-order valence-electron chi connectivity index (χ1n) is 6.82. The van der Waals surface area contributed by atoms with E-state index in [1.54, 1.807) is 11.8 Å². The predicted molar refractivity (Wildman–Crippen MR) is 76.6 cm³/mol. The highest BCUT2D eigenvalue weighted by molar-refractivity contribution is 5.26. The lowest BCUT2D eigenvalue weighted by Crippen LogP contribution is -2.13. The van der Waals surface area contributed by atoms with E-state index in [0.717, 1.165) is 42.3 Å². The first-order valence-corrected chi connectivity index (χ1v) is 6.82. The van der Waals surface area contributed by atoms with Crippen molar-refractivity contribution in [3.63, 3.8) is 0 Å². The van der Waals surface area contributed by atoms with Crippen molar-refractivity contribution in [1.29, 1.82) is 0 Å². The Morgan fingerprint density at radius 3 is 2.90 bits per heavy atom. The van der Waals surface area contributed by atoms with Crippen LogP contribution in [-0.4, -0.2) is 33.6 Å². The maximum absolute atomic E-state index is 5.25. The molecule has 0 fully saturated rings. The number of nitrogens with zero attached hydrogens (tertiary/aromatic N) is 4. The van der Waals surface area contributed by atoms with E-state index in [1.807, 2.05) is 25.3 Å². The highest BCUT2D eigenvalue weighted by atomic mass is 16.5. The molecule has 108 valence electrons. The summed E-state index contributed by atoms with van der Waals surface area (Å²) in [7, 11) is 1.66. The fourth-order valence-electron chi connectivity index (χ4n) is 1.96. The maximum Gasteiger partial charge on any atom is 0.122 e. The molecule has 0 unspecified atom stereocenters. The molecule has 6 nitrogen and oxygen atoms in total. The zero-order valence-corrected chi connectivity index (χ0v) is 12.3. The van der Waals surface area contributed by atoms with Crippen LogP contribution in [0.4, 0.5) is 0 Å². The Morgan fingerprint density at radius 1 is 1.30 bits per heavy atom. The molecule has 6 heteroatoms. The molecular formula is C14H21N5O. The van der Waals surface area contributed by atoms with Gasteiger partial charge in [0.2, 0.25) is 0 Å². The van der Waals surface area contributed by atoms with Gasteiger partial charge in [0.15, 0.2) is 0 Å². The van der Waals surface area contributed by atoms with Crippen LogP contribution in [-0.2, 0) is 13.1 Å². The van der Waals surface area contributed by atoms with E-state index in [-0.39, 0.29) is 0 Å². The molecule has 0 aliphatic rings. The minimum Gasteiger partial charge on any atom is -0.497 e. The molecule has 0 saturated heterocycles. The number of hydrogen-bond acceptors (Lipinski definition) is 5. The molecule has 2 rings (SSSR count). The van der Waals surface area contributed by atoms with Crippen molar-refractivity contribution in [3.8, 4) is 5.75 Å². The van der Waals surface area contributed by atoms with Crippen molar-refractivity contribution in [1.82, 2.24) is 25.3 Å². The summed E-state index contributed by atoms with van der Waals surface area (Å²) in [4.78, 5) is 4.48. The van der Waals surface area contributed by atoms with Gasteiger partial charge in [-0.2, -0.15) is 0 Å². The Bertz CT molecular complexity index is 552. The highest BCUT2D eigenvalue weighted by Crippen LogP contribution is 2.13. The zero-order chi connectivity index (χ0) is 14.4. The minimum atomic E-state index is 0.596. The van der Waals surface area contributed by atoms with Gasteiger partial charge in [0.05, 0.1) is 31.2 Å². The van der Waals surface area contributed by atoms with Gasteiger partial charge in [0, 0.05) is 24.4 Å². The van der Waals surface area contributed by atoms with Gasteiger partial charge in [-0.15, -0.1) is 5.10 Å². The fraction of sp³-hybridized carbons (Fsp3) is 0.500. The molecule has 0 aliphatic carbocycles. The van der Waals surface area contributed by atoms with Crippen LogP contribution in [0.1, 0.15) is 30.4 Å². The van der Waals surface area contributed by atoms with Crippen molar-refractivity contribution < 1.29 is 4.74 Å². The topological polar surface area (TPSA) is 64.9 Å². The van der Waals surface area contributed by atoms with Crippen LogP contribution in [0.5, 0.6) is 5.75 Å². The number of aryl methyl sites for hydroxylation is 1. The monoisotopic (exact) mass is 275 g/mol. The molecule has 0 bridgehead atoms. The van der Waals surface area contributed by atoms with Gasteiger partial charge in [-0.3, -0.25) is 4.98 Å². The standard InChI is InChI=1S/C14H21N5O/c1-4-5-15-8-13-10-19(18-17-13)9-12-7-14(20-3)6-11(2)16-12/h6-7,10,15H,4-5,8-9H2,1-3H3. The molecule has 0 atom stereocenters. The second-order valence-corrected chi connectivity index (χ2v) is 4.72. The van der Waals surface area contributed by atoms with Gasteiger partial charge in [-0.05, 0) is 19.9 Å². The maximum atomic E-state index is 5.25. The predicted octanol–water partition coefficient (Wildman–Crippen LogP) is 1.54. The number of methoxy groups -OCH3 is 1. The lowest BCUT2D eigenvalue weighted by Gasteiger charge is -2.05. The minimum absolute atomic E-state index is 0.596. The van der Waals surface area contributed by atoms with Crippen LogP contribution in [0.3, 0.4) is 0 Å². The van der Waals surface area contributed by atoms with Gasteiger partial charge in [0.1, 0.15) is 5.75 Å². The first-order chi connectivity index (χ1) is 9.71. The zero-order valence-electron chi connectivity index (χ0n) is 12.3. The molecule has 0 aliphatic heterocycles. The van der Waals surface area contributed by atoms with Gasteiger partial charge in [-0.1, -0.05) is 12.1 Å². The Labute approximate surface area is 119 Å². The van der Waals surface area contributed by atoms with Gasteiger partial charge in [0.25, 0.3) is 0 Å². The number of pyridine rings is 1. The van der Waals surface area contributed by atoms with Gasteiger partial charge in [-0.25, -0.2) is 4.68 Å². The van der Waals surface area contributed by atoms with Crippen molar-refractivity contribution in [3.05, 3.63) is 35.4 Å². The van der Waals surface area contributed by atoms with Crippen LogP contribution in [0.2, 0.25) is 0 Å². The molecular weight excluding hydrogens is 254 g/mol. The summed E-state index contributed by atoms with van der Waals surface area (Å²) in [5.74, 6) is 0.817. The lowest BCUT2D eigenvalue weighted by atomic mass is 10.3. The molecule has 0 saturated carbocycles. The van der Waals surface area contributed by atoms with Crippen LogP contribution >= 0.6 is 0 Å². The van der Waals surface area contributed by atoms with E-state index < -0.39 is 0 Å². The Kier molecular flexibility index (Phi) is 5.06.